The summed E-state index contributed by atoms with van der Waals surface area (Å²) in [5, 5.41) is 0. The standard InChI is InChI=1S/C13H16N2/c1-9-6-7-13-12(8-9)14-10(2)15(13)11-4-3-5-11/h6-8,11H,3-5H2,1-2H3. The quantitative estimate of drug-likeness (QED) is 0.690. The van der Waals surface area contributed by atoms with Crippen LogP contribution in [-0.4, -0.2) is 9.55 Å². The second-order valence-corrected chi connectivity index (χ2v) is 4.61. The zero-order valence-corrected chi connectivity index (χ0v) is 9.33. The van der Waals surface area contributed by atoms with E-state index < -0.39 is 0 Å². The largest absolute Gasteiger partial charge is 0.325 e. The van der Waals surface area contributed by atoms with Crippen molar-refractivity contribution >= 4 is 11.0 Å². The van der Waals surface area contributed by atoms with Gasteiger partial charge >= 0.3 is 0 Å². The predicted molar refractivity (Wildman–Crippen MR) is 62.1 cm³/mol. The van der Waals surface area contributed by atoms with E-state index in [1.165, 1.54) is 36.2 Å². The zero-order chi connectivity index (χ0) is 10.4. The summed E-state index contributed by atoms with van der Waals surface area (Å²) >= 11 is 0. The van der Waals surface area contributed by atoms with Gasteiger partial charge in [0.2, 0.25) is 0 Å². The molecule has 0 spiro atoms. The van der Waals surface area contributed by atoms with Crippen molar-refractivity contribution in [3.05, 3.63) is 29.6 Å². The maximum atomic E-state index is 4.64. The minimum Gasteiger partial charge on any atom is -0.325 e. The van der Waals surface area contributed by atoms with Crippen molar-refractivity contribution in [2.75, 3.05) is 0 Å². The molecule has 0 atom stereocenters. The molecule has 1 fully saturated rings. The topological polar surface area (TPSA) is 17.8 Å². The molecule has 1 aliphatic carbocycles. The van der Waals surface area contributed by atoms with Crippen molar-refractivity contribution in [1.82, 2.24) is 9.55 Å². The number of fused-ring (bicyclic) bond motifs is 1. The molecule has 3 rings (SSSR count). The first-order valence-corrected chi connectivity index (χ1v) is 5.71. The number of hydrogen-bond donors (Lipinski definition) is 0. The van der Waals surface area contributed by atoms with Crippen LogP contribution in [0.2, 0.25) is 0 Å². The van der Waals surface area contributed by atoms with Gasteiger partial charge in [0.05, 0.1) is 11.0 Å². The highest BCUT2D eigenvalue weighted by molar-refractivity contribution is 5.77. The maximum absolute atomic E-state index is 4.64. The van der Waals surface area contributed by atoms with Gasteiger partial charge in [0, 0.05) is 6.04 Å². The number of nitrogens with zero attached hydrogens (tertiary/aromatic N) is 2. The maximum Gasteiger partial charge on any atom is 0.106 e. The Kier molecular flexibility index (Phi) is 1.84. The number of imidazole rings is 1. The minimum absolute atomic E-state index is 0.706. The fourth-order valence-electron chi connectivity index (χ4n) is 2.44. The molecule has 1 saturated carbocycles. The molecule has 1 aromatic heterocycles. The van der Waals surface area contributed by atoms with Crippen molar-refractivity contribution in [2.24, 2.45) is 0 Å². The van der Waals surface area contributed by atoms with Crippen molar-refractivity contribution in [3.63, 3.8) is 0 Å². The molecule has 15 heavy (non-hydrogen) atoms. The Hall–Kier alpha value is -1.31. The first kappa shape index (κ1) is 8.96. The molecular formula is C13H16N2. The van der Waals surface area contributed by atoms with E-state index in [2.05, 4.69) is 41.6 Å². The fraction of sp³-hybridized carbons (Fsp3) is 0.462. The van der Waals surface area contributed by atoms with Crippen LogP contribution in [0, 0.1) is 13.8 Å². The number of aromatic nitrogens is 2. The second-order valence-electron chi connectivity index (χ2n) is 4.61. The Morgan fingerprint density at radius 3 is 2.73 bits per heavy atom. The molecule has 0 amide bonds. The third-order valence-corrected chi connectivity index (χ3v) is 3.46. The zero-order valence-electron chi connectivity index (χ0n) is 9.33. The van der Waals surface area contributed by atoms with Crippen LogP contribution in [-0.2, 0) is 0 Å². The predicted octanol–water partition coefficient (Wildman–Crippen LogP) is 3.38. The normalized spacial score (nSPS) is 16.9. The molecule has 0 saturated heterocycles. The smallest absolute Gasteiger partial charge is 0.106 e. The Labute approximate surface area is 89.9 Å². The van der Waals surface area contributed by atoms with Crippen LogP contribution in [0.15, 0.2) is 18.2 Å². The van der Waals surface area contributed by atoms with Gasteiger partial charge in [-0.3, -0.25) is 0 Å². The van der Waals surface area contributed by atoms with Gasteiger partial charge in [-0.1, -0.05) is 6.07 Å². The van der Waals surface area contributed by atoms with E-state index in [9.17, 15) is 0 Å². The molecule has 78 valence electrons. The Morgan fingerprint density at radius 2 is 2.07 bits per heavy atom. The van der Waals surface area contributed by atoms with E-state index in [1.807, 2.05) is 0 Å². The van der Waals surface area contributed by atoms with E-state index in [0.29, 0.717) is 6.04 Å². The summed E-state index contributed by atoms with van der Waals surface area (Å²) < 4.78 is 2.41. The van der Waals surface area contributed by atoms with Crippen molar-refractivity contribution in [3.8, 4) is 0 Å². The molecule has 0 unspecified atom stereocenters. The highest BCUT2D eigenvalue weighted by Gasteiger charge is 2.22. The van der Waals surface area contributed by atoms with Crippen LogP contribution in [0.4, 0.5) is 0 Å². The van der Waals surface area contributed by atoms with Gasteiger partial charge in [-0.15, -0.1) is 0 Å². The Balaban J connectivity index is 2.23. The van der Waals surface area contributed by atoms with E-state index in [4.69, 9.17) is 0 Å². The van der Waals surface area contributed by atoms with Crippen LogP contribution in [0.25, 0.3) is 11.0 Å². The summed E-state index contributed by atoms with van der Waals surface area (Å²) in [7, 11) is 0. The van der Waals surface area contributed by atoms with Gasteiger partial charge in [0.1, 0.15) is 5.82 Å². The van der Waals surface area contributed by atoms with E-state index in [-0.39, 0.29) is 0 Å². The fourth-order valence-corrected chi connectivity index (χ4v) is 2.44. The van der Waals surface area contributed by atoms with Crippen LogP contribution >= 0.6 is 0 Å². The van der Waals surface area contributed by atoms with Gasteiger partial charge in [-0.2, -0.15) is 0 Å². The molecule has 1 aliphatic rings. The lowest BCUT2D eigenvalue weighted by Gasteiger charge is -2.28. The SMILES string of the molecule is Cc1ccc2c(c1)nc(C)n2C1CCC1. The Bertz CT molecular complexity index is 506. The van der Waals surface area contributed by atoms with E-state index in [0.717, 1.165) is 5.52 Å². The van der Waals surface area contributed by atoms with Crippen molar-refractivity contribution in [2.45, 2.75) is 39.2 Å². The summed E-state index contributed by atoms with van der Waals surface area (Å²) in [4.78, 5) is 4.64. The molecule has 2 nitrogen and oxygen atoms in total. The summed E-state index contributed by atoms with van der Waals surface area (Å²) in [5.74, 6) is 1.17. The molecule has 2 heteroatoms. The molecule has 2 aromatic rings. The lowest BCUT2D eigenvalue weighted by molar-refractivity contribution is 0.316. The van der Waals surface area contributed by atoms with E-state index in [1.54, 1.807) is 0 Å². The molecule has 1 heterocycles. The average Bonchev–Trinajstić information content (AvgIpc) is 2.40. The highest BCUT2D eigenvalue weighted by atomic mass is 15.1. The minimum atomic E-state index is 0.706. The summed E-state index contributed by atoms with van der Waals surface area (Å²) in [6, 6.07) is 7.27. The lowest BCUT2D eigenvalue weighted by Crippen LogP contribution is -2.17. The van der Waals surface area contributed by atoms with Crippen LogP contribution in [0.1, 0.15) is 36.7 Å². The van der Waals surface area contributed by atoms with Crippen molar-refractivity contribution in [1.29, 1.82) is 0 Å². The first-order valence-electron chi connectivity index (χ1n) is 5.71. The lowest BCUT2D eigenvalue weighted by atomic mass is 9.92. The monoisotopic (exact) mass is 200 g/mol. The summed E-state index contributed by atoms with van der Waals surface area (Å²) in [6.45, 7) is 4.24. The van der Waals surface area contributed by atoms with Crippen LogP contribution in [0.5, 0.6) is 0 Å². The van der Waals surface area contributed by atoms with Gasteiger partial charge in [0.25, 0.3) is 0 Å². The van der Waals surface area contributed by atoms with Gasteiger partial charge in [0.15, 0.2) is 0 Å². The third kappa shape index (κ3) is 1.28. The molecular weight excluding hydrogens is 184 g/mol. The summed E-state index contributed by atoms with van der Waals surface area (Å²) in [5.41, 5.74) is 3.75. The van der Waals surface area contributed by atoms with Crippen LogP contribution < -0.4 is 0 Å². The number of aryl methyl sites for hydroxylation is 2. The molecule has 0 bridgehead atoms. The third-order valence-electron chi connectivity index (χ3n) is 3.46. The first-order chi connectivity index (χ1) is 7.25. The molecule has 1 aromatic carbocycles. The van der Waals surface area contributed by atoms with Crippen LogP contribution in [0.3, 0.4) is 0 Å². The Morgan fingerprint density at radius 1 is 1.27 bits per heavy atom. The van der Waals surface area contributed by atoms with Gasteiger partial charge < -0.3 is 4.57 Å². The average molecular weight is 200 g/mol. The number of benzene rings is 1. The van der Waals surface area contributed by atoms with Crippen molar-refractivity contribution < 1.29 is 0 Å². The molecule has 0 N–H and O–H groups in total. The number of rotatable bonds is 1. The molecule has 0 radical (unpaired) electrons. The van der Waals surface area contributed by atoms with E-state index >= 15 is 0 Å². The number of hydrogen-bond acceptors (Lipinski definition) is 1. The molecule has 0 aliphatic heterocycles. The second kappa shape index (κ2) is 3.09. The van der Waals surface area contributed by atoms with Gasteiger partial charge in [-0.05, 0) is 50.8 Å². The summed E-state index contributed by atoms with van der Waals surface area (Å²) in [6.07, 6.45) is 4.01. The highest BCUT2D eigenvalue weighted by Crippen LogP contribution is 2.35. The van der Waals surface area contributed by atoms with Gasteiger partial charge in [-0.25, -0.2) is 4.98 Å².